The molecule has 1 aliphatic rings. The van der Waals surface area contributed by atoms with Crippen LogP contribution in [0.15, 0.2) is 17.3 Å². The SMILES string of the molecule is CC(=O)c1cc2c(cc1NC(=O)CSc1nc(C)c(C)n1CC(C)C)OCO2. The van der Waals surface area contributed by atoms with Crippen LogP contribution >= 0.6 is 11.8 Å². The van der Waals surface area contributed by atoms with Crippen LogP contribution in [0, 0.1) is 19.8 Å². The van der Waals surface area contributed by atoms with E-state index >= 15 is 0 Å². The first kappa shape index (κ1) is 20.3. The second kappa shape index (κ2) is 8.26. The number of nitrogens with one attached hydrogen (secondary N) is 1. The first-order valence-electron chi connectivity index (χ1n) is 9.17. The number of carbonyl (C=O) groups excluding carboxylic acids is 2. The molecule has 28 heavy (non-hydrogen) atoms. The van der Waals surface area contributed by atoms with Crippen molar-refractivity contribution >= 4 is 29.1 Å². The molecule has 2 aromatic rings. The van der Waals surface area contributed by atoms with Crippen molar-refractivity contribution < 1.29 is 19.1 Å². The summed E-state index contributed by atoms with van der Waals surface area (Å²) >= 11 is 1.39. The van der Waals surface area contributed by atoms with E-state index in [0.717, 1.165) is 23.1 Å². The average Bonchev–Trinajstić information content (AvgIpc) is 3.18. The number of benzene rings is 1. The third-order valence-electron chi connectivity index (χ3n) is 4.47. The zero-order valence-corrected chi connectivity index (χ0v) is 17.6. The summed E-state index contributed by atoms with van der Waals surface area (Å²) in [6.07, 6.45) is 0. The molecule has 1 aliphatic heterocycles. The Bertz CT molecular complexity index is 921. The van der Waals surface area contributed by atoms with Gasteiger partial charge < -0.3 is 19.4 Å². The highest BCUT2D eigenvalue weighted by Gasteiger charge is 2.21. The molecule has 0 bridgehead atoms. The van der Waals surface area contributed by atoms with E-state index in [0.29, 0.717) is 28.7 Å². The van der Waals surface area contributed by atoms with Crippen molar-refractivity contribution in [3.63, 3.8) is 0 Å². The number of ether oxygens (including phenoxy) is 2. The van der Waals surface area contributed by atoms with Crippen molar-refractivity contribution in [3.05, 3.63) is 29.1 Å². The van der Waals surface area contributed by atoms with Crippen LogP contribution in [0.3, 0.4) is 0 Å². The van der Waals surface area contributed by atoms with E-state index < -0.39 is 0 Å². The van der Waals surface area contributed by atoms with Gasteiger partial charge in [0, 0.05) is 23.9 Å². The number of aromatic nitrogens is 2. The van der Waals surface area contributed by atoms with Gasteiger partial charge in [-0.2, -0.15) is 0 Å². The maximum Gasteiger partial charge on any atom is 0.234 e. The Labute approximate surface area is 168 Å². The fourth-order valence-electron chi connectivity index (χ4n) is 2.97. The molecular formula is C20H25N3O4S. The van der Waals surface area contributed by atoms with Crippen molar-refractivity contribution in [2.45, 2.75) is 46.3 Å². The topological polar surface area (TPSA) is 82.5 Å². The van der Waals surface area contributed by atoms with Crippen molar-refractivity contribution in [1.29, 1.82) is 0 Å². The lowest BCUT2D eigenvalue weighted by atomic mass is 10.1. The quantitative estimate of drug-likeness (QED) is 0.559. The Kier molecular flexibility index (Phi) is 5.98. The molecule has 3 rings (SSSR count). The third-order valence-corrected chi connectivity index (χ3v) is 5.45. The van der Waals surface area contributed by atoms with Crippen LogP contribution < -0.4 is 14.8 Å². The molecule has 0 saturated carbocycles. The lowest BCUT2D eigenvalue weighted by Gasteiger charge is -2.13. The summed E-state index contributed by atoms with van der Waals surface area (Å²) < 4.78 is 12.8. The number of amides is 1. The van der Waals surface area contributed by atoms with Gasteiger partial charge in [0.25, 0.3) is 0 Å². The molecule has 0 spiro atoms. The van der Waals surface area contributed by atoms with E-state index in [9.17, 15) is 9.59 Å². The van der Waals surface area contributed by atoms with Gasteiger partial charge in [-0.3, -0.25) is 9.59 Å². The number of hydrogen-bond donors (Lipinski definition) is 1. The molecule has 1 aromatic heterocycles. The van der Waals surface area contributed by atoms with Gasteiger partial charge in [0.05, 0.1) is 17.1 Å². The van der Waals surface area contributed by atoms with E-state index in [1.165, 1.54) is 18.7 Å². The molecule has 0 saturated heterocycles. The maximum absolute atomic E-state index is 12.5. The van der Waals surface area contributed by atoms with Gasteiger partial charge in [-0.25, -0.2) is 4.98 Å². The number of rotatable bonds is 7. The number of nitrogens with zero attached hydrogens (tertiary/aromatic N) is 2. The van der Waals surface area contributed by atoms with Crippen LogP contribution in [0.4, 0.5) is 5.69 Å². The fourth-order valence-corrected chi connectivity index (χ4v) is 3.87. The highest BCUT2D eigenvalue weighted by atomic mass is 32.2. The summed E-state index contributed by atoms with van der Waals surface area (Å²) in [6, 6.07) is 3.24. The summed E-state index contributed by atoms with van der Waals surface area (Å²) in [7, 11) is 0. The molecule has 1 N–H and O–H groups in total. The van der Waals surface area contributed by atoms with Crippen LogP contribution in [0.5, 0.6) is 11.5 Å². The van der Waals surface area contributed by atoms with Crippen molar-refractivity contribution in [3.8, 4) is 11.5 Å². The minimum atomic E-state index is -0.208. The lowest BCUT2D eigenvalue weighted by molar-refractivity contribution is -0.113. The van der Waals surface area contributed by atoms with Crippen molar-refractivity contribution in [2.75, 3.05) is 17.9 Å². The molecule has 0 unspecified atom stereocenters. The highest BCUT2D eigenvalue weighted by molar-refractivity contribution is 7.99. The lowest BCUT2D eigenvalue weighted by Crippen LogP contribution is -2.17. The van der Waals surface area contributed by atoms with Gasteiger partial charge in [0.15, 0.2) is 22.4 Å². The van der Waals surface area contributed by atoms with Crippen LogP contribution in [0.2, 0.25) is 0 Å². The number of aryl methyl sites for hydroxylation is 1. The van der Waals surface area contributed by atoms with E-state index in [1.807, 2.05) is 13.8 Å². The minimum Gasteiger partial charge on any atom is -0.454 e. The second-order valence-corrected chi connectivity index (χ2v) is 8.16. The Balaban J connectivity index is 1.72. The van der Waals surface area contributed by atoms with Gasteiger partial charge >= 0.3 is 0 Å². The zero-order chi connectivity index (χ0) is 20.4. The van der Waals surface area contributed by atoms with Crippen LogP contribution in [0.1, 0.15) is 42.5 Å². The van der Waals surface area contributed by atoms with Crippen LogP contribution in [-0.4, -0.2) is 33.8 Å². The smallest absolute Gasteiger partial charge is 0.234 e. The Morgan fingerprint density at radius 1 is 1.25 bits per heavy atom. The first-order valence-corrected chi connectivity index (χ1v) is 10.2. The van der Waals surface area contributed by atoms with Gasteiger partial charge in [-0.05, 0) is 32.8 Å². The van der Waals surface area contributed by atoms with Gasteiger partial charge in [-0.1, -0.05) is 25.6 Å². The molecule has 8 heteroatoms. The fraction of sp³-hybridized carbons (Fsp3) is 0.450. The summed E-state index contributed by atoms with van der Waals surface area (Å²) in [6.45, 7) is 10.7. The van der Waals surface area contributed by atoms with Crippen LogP contribution in [0.25, 0.3) is 0 Å². The van der Waals surface area contributed by atoms with Crippen molar-refractivity contribution in [2.24, 2.45) is 5.92 Å². The molecule has 150 valence electrons. The standard InChI is InChI=1S/C20H25N3O4S/c1-11(2)8-23-13(4)12(3)21-20(23)28-9-19(25)22-16-7-18-17(26-10-27-18)6-15(16)14(5)24/h6-7,11H,8-10H2,1-5H3,(H,22,25). The number of Topliss-reactive ketones (excluding diaryl/α,β-unsaturated/α-hetero) is 1. The molecule has 1 amide bonds. The predicted octanol–water partition coefficient (Wildman–Crippen LogP) is 3.82. The average molecular weight is 404 g/mol. The van der Waals surface area contributed by atoms with Gasteiger partial charge in [-0.15, -0.1) is 0 Å². The minimum absolute atomic E-state index is 0.108. The van der Waals surface area contributed by atoms with Gasteiger partial charge in [0.2, 0.25) is 12.7 Å². The Morgan fingerprint density at radius 2 is 1.93 bits per heavy atom. The number of hydrogen-bond acceptors (Lipinski definition) is 6. The number of carbonyl (C=O) groups is 2. The van der Waals surface area contributed by atoms with E-state index in [-0.39, 0.29) is 24.2 Å². The first-order chi connectivity index (χ1) is 13.3. The summed E-state index contributed by atoms with van der Waals surface area (Å²) in [5.41, 5.74) is 2.92. The van der Waals surface area contributed by atoms with Crippen LogP contribution in [-0.2, 0) is 11.3 Å². The molecule has 0 radical (unpaired) electrons. The summed E-state index contributed by atoms with van der Waals surface area (Å²) in [4.78, 5) is 29.1. The second-order valence-electron chi connectivity index (χ2n) is 7.21. The maximum atomic E-state index is 12.5. The Hall–Kier alpha value is -2.48. The molecule has 2 heterocycles. The van der Waals surface area contributed by atoms with E-state index in [1.54, 1.807) is 12.1 Å². The number of fused-ring (bicyclic) bond motifs is 1. The monoisotopic (exact) mass is 403 g/mol. The van der Waals surface area contributed by atoms with Crippen molar-refractivity contribution in [1.82, 2.24) is 9.55 Å². The molecular weight excluding hydrogens is 378 g/mol. The Morgan fingerprint density at radius 3 is 2.57 bits per heavy atom. The molecule has 7 nitrogen and oxygen atoms in total. The molecule has 0 atom stereocenters. The number of imidazole rings is 1. The van der Waals surface area contributed by atoms with E-state index in [4.69, 9.17) is 9.47 Å². The molecule has 0 aliphatic carbocycles. The predicted molar refractivity (Wildman–Crippen MR) is 108 cm³/mol. The van der Waals surface area contributed by atoms with E-state index in [2.05, 4.69) is 28.7 Å². The third kappa shape index (κ3) is 4.32. The highest BCUT2D eigenvalue weighted by Crippen LogP contribution is 2.37. The summed E-state index contributed by atoms with van der Waals surface area (Å²) in [5, 5.41) is 3.65. The normalized spacial score (nSPS) is 12.5. The largest absolute Gasteiger partial charge is 0.454 e. The number of thioether (sulfide) groups is 1. The molecule has 0 fully saturated rings. The number of anilines is 1. The summed E-state index contributed by atoms with van der Waals surface area (Å²) in [5.74, 6) is 1.35. The van der Waals surface area contributed by atoms with Gasteiger partial charge in [0.1, 0.15) is 0 Å². The zero-order valence-electron chi connectivity index (χ0n) is 16.8. The molecule has 1 aromatic carbocycles. The number of ketones is 1.